The number of rotatable bonds is 8. The second-order valence-corrected chi connectivity index (χ2v) is 9.79. The summed E-state index contributed by atoms with van der Waals surface area (Å²) < 4.78 is 32.5. The van der Waals surface area contributed by atoms with E-state index in [0.717, 1.165) is 11.1 Å². The van der Waals surface area contributed by atoms with Gasteiger partial charge >= 0.3 is 0 Å². The molecule has 2 N–H and O–H groups in total. The second-order valence-electron chi connectivity index (χ2n) is 9.79. The largest absolute Gasteiger partial charge is 0.487 e. The number of hydrogen-bond acceptors (Lipinski definition) is 6. The molecule has 3 heterocycles. The lowest BCUT2D eigenvalue weighted by atomic mass is 10.0. The van der Waals surface area contributed by atoms with Crippen LogP contribution in [0.2, 0.25) is 0 Å². The topological polar surface area (TPSA) is 91.0 Å². The first-order chi connectivity index (χ1) is 17.9. The summed E-state index contributed by atoms with van der Waals surface area (Å²) in [5.74, 6) is -0.487. The molecule has 0 aromatic heterocycles. The van der Waals surface area contributed by atoms with Crippen molar-refractivity contribution >= 4 is 17.7 Å². The summed E-state index contributed by atoms with van der Waals surface area (Å²) >= 11 is 0. The lowest BCUT2D eigenvalue weighted by Crippen LogP contribution is -2.55. The Morgan fingerprint density at radius 2 is 1.89 bits per heavy atom. The first-order valence-corrected chi connectivity index (χ1v) is 12.6. The first-order valence-electron chi connectivity index (χ1n) is 12.6. The molecule has 3 amide bonds. The summed E-state index contributed by atoms with van der Waals surface area (Å²) in [5.41, 5.74) is 2.36. The second kappa shape index (κ2) is 10.9. The predicted octanol–water partition coefficient (Wildman–Crippen LogP) is 2.32. The average molecular weight is 513 g/mol. The van der Waals surface area contributed by atoms with Gasteiger partial charge in [-0.05, 0) is 42.2 Å². The Labute approximate surface area is 213 Å². The highest BCUT2D eigenvalue weighted by molar-refractivity contribution is 6.05. The van der Waals surface area contributed by atoms with Gasteiger partial charge < -0.3 is 15.0 Å². The van der Waals surface area contributed by atoms with Crippen molar-refractivity contribution in [1.29, 1.82) is 0 Å². The molecule has 0 aliphatic carbocycles. The van der Waals surface area contributed by atoms with Gasteiger partial charge in [-0.25, -0.2) is 8.78 Å². The molecule has 10 heteroatoms. The molecule has 0 bridgehead atoms. The number of alkyl halides is 2. The molecule has 196 valence electrons. The Morgan fingerprint density at radius 1 is 1.08 bits per heavy atom. The number of nitrogens with one attached hydrogen (secondary N) is 2. The predicted molar refractivity (Wildman–Crippen MR) is 131 cm³/mol. The van der Waals surface area contributed by atoms with E-state index < -0.39 is 18.4 Å². The number of hydrogen-bond donors (Lipinski definition) is 2. The highest BCUT2D eigenvalue weighted by atomic mass is 19.3. The van der Waals surface area contributed by atoms with Gasteiger partial charge in [0.15, 0.2) is 0 Å². The number of fused-ring (bicyclic) bond motifs is 1. The van der Waals surface area contributed by atoms with E-state index >= 15 is 0 Å². The van der Waals surface area contributed by atoms with E-state index in [1.165, 1.54) is 4.90 Å². The molecule has 2 fully saturated rings. The molecular formula is C27H30F2N4O4. The molecule has 0 spiro atoms. The minimum absolute atomic E-state index is 0.0380. The Hall–Kier alpha value is -3.37. The lowest BCUT2D eigenvalue weighted by molar-refractivity contribution is -0.136. The minimum atomic E-state index is -2.42. The summed E-state index contributed by atoms with van der Waals surface area (Å²) in [4.78, 5) is 40.0. The quantitative estimate of drug-likeness (QED) is 0.528. The van der Waals surface area contributed by atoms with Gasteiger partial charge in [0.05, 0.1) is 6.54 Å². The van der Waals surface area contributed by atoms with Gasteiger partial charge in [-0.1, -0.05) is 30.3 Å². The van der Waals surface area contributed by atoms with E-state index in [1.807, 2.05) is 30.3 Å². The van der Waals surface area contributed by atoms with Crippen LogP contribution in [0.5, 0.6) is 5.75 Å². The molecule has 8 nitrogen and oxygen atoms in total. The molecule has 3 aliphatic rings. The summed E-state index contributed by atoms with van der Waals surface area (Å²) in [7, 11) is 0. The molecule has 1 unspecified atom stereocenters. The van der Waals surface area contributed by atoms with Crippen molar-refractivity contribution in [2.24, 2.45) is 0 Å². The molecular weight excluding hydrogens is 482 g/mol. The number of piperidine rings is 2. The smallest absolute Gasteiger partial charge is 0.255 e. The average Bonchev–Trinajstić information content (AvgIpc) is 3.19. The van der Waals surface area contributed by atoms with Crippen LogP contribution in [0.3, 0.4) is 0 Å². The number of nitrogens with zero attached hydrogens (tertiary/aromatic N) is 2. The number of carbonyl (C=O) groups excluding carboxylic acids is 3. The fraction of sp³-hybridized carbons (Fsp3) is 0.444. The highest BCUT2D eigenvalue weighted by Gasteiger charge is 2.39. The van der Waals surface area contributed by atoms with Crippen molar-refractivity contribution < 1.29 is 27.9 Å². The van der Waals surface area contributed by atoms with Gasteiger partial charge in [0.2, 0.25) is 11.8 Å². The van der Waals surface area contributed by atoms with E-state index in [2.05, 4.69) is 10.6 Å². The number of carbonyl (C=O) groups is 3. The Bertz CT molecular complexity index is 1160. The standard InChI is InChI=1S/C27H30F2N4O4/c28-24(29)16-32-11-10-21(30-13-17-4-2-1-3-5-17)23(15-32)37-19-6-7-20-18(12-19)14-33(27(20)36)22-8-9-25(34)31-26(22)35/h1-7,12,21-24,30H,8-11,13-16H2,(H,31,34,35)/t21-,22?,23-/m1/s1. The molecule has 37 heavy (non-hydrogen) atoms. The van der Waals surface area contributed by atoms with Gasteiger partial charge in [-0.15, -0.1) is 0 Å². The van der Waals surface area contributed by atoms with E-state index in [0.29, 0.717) is 43.8 Å². The monoisotopic (exact) mass is 512 g/mol. The number of likely N-dealkylation sites (tertiary alicyclic amines) is 1. The Balaban J connectivity index is 1.29. The molecule has 2 aromatic rings. The van der Waals surface area contributed by atoms with E-state index in [4.69, 9.17) is 4.74 Å². The maximum atomic E-state index is 13.1. The van der Waals surface area contributed by atoms with Crippen LogP contribution in [-0.4, -0.2) is 71.8 Å². The van der Waals surface area contributed by atoms with Crippen molar-refractivity contribution in [2.45, 2.75) is 57.0 Å². The van der Waals surface area contributed by atoms with Crippen LogP contribution < -0.4 is 15.4 Å². The Kier molecular flexibility index (Phi) is 7.48. The molecule has 2 saturated heterocycles. The summed E-state index contributed by atoms with van der Waals surface area (Å²) in [6.07, 6.45) is -1.63. The van der Waals surface area contributed by atoms with Gasteiger partial charge in [-0.2, -0.15) is 0 Å². The van der Waals surface area contributed by atoms with Crippen LogP contribution >= 0.6 is 0 Å². The highest BCUT2D eigenvalue weighted by Crippen LogP contribution is 2.31. The fourth-order valence-electron chi connectivity index (χ4n) is 5.34. The number of ether oxygens (including phenoxy) is 1. The third-order valence-corrected chi connectivity index (χ3v) is 7.23. The number of imide groups is 1. The van der Waals surface area contributed by atoms with Gasteiger partial charge in [-0.3, -0.25) is 24.6 Å². The number of amides is 3. The van der Waals surface area contributed by atoms with Crippen molar-refractivity contribution in [3.63, 3.8) is 0 Å². The zero-order chi connectivity index (χ0) is 25.9. The van der Waals surface area contributed by atoms with E-state index in [-0.39, 0.29) is 43.5 Å². The third kappa shape index (κ3) is 5.80. The maximum Gasteiger partial charge on any atom is 0.255 e. The minimum Gasteiger partial charge on any atom is -0.487 e. The lowest BCUT2D eigenvalue weighted by Gasteiger charge is -2.39. The summed E-state index contributed by atoms with van der Waals surface area (Å²) in [6.45, 7) is 1.49. The summed E-state index contributed by atoms with van der Waals surface area (Å²) in [6, 6.07) is 14.4. The maximum absolute atomic E-state index is 13.1. The normalized spacial score (nSPS) is 24.4. The van der Waals surface area contributed by atoms with E-state index in [9.17, 15) is 23.2 Å². The van der Waals surface area contributed by atoms with Crippen molar-refractivity contribution in [3.05, 3.63) is 65.2 Å². The molecule has 2 aromatic carbocycles. The third-order valence-electron chi connectivity index (χ3n) is 7.23. The number of benzene rings is 2. The van der Waals surface area contributed by atoms with Crippen LogP contribution in [0.15, 0.2) is 48.5 Å². The first kappa shape index (κ1) is 25.3. The van der Waals surface area contributed by atoms with Crippen molar-refractivity contribution in [1.82, 2.24) is 20.4 Å². The summed E-state index contributed by atoms with van der Waals surface area (Å²) in [5, 5.41) is 5.83. The molecule has 5 rings (SSSR count). The SMILES string of the molecule is O=C1CCC(N2Cc3cc(O[C@@H]4CN(CC(F)F)CC[C@H]4NCc4ccccc4)ccc3C2=O)C(=O)N1. The fourth-order valence-corrected chi connectivity index (χ4v) is 5.34. The van der Waals surface area contributed by atoms with Crippen LogP contribution in [0.4, 0.5) is 8.78 Å². The van der Waals surface area contributed by atoms with Crippen LogP contribution in [0.1, 0.15) is 40.7 Å². The molecule has 0 radical (unpaired) electrons. The van der Waals surface area contributed by atoms with Gasteiger partial charge in [0, 0.05) is 44.2 Å². The zero-order valence-electron chi connectivity index (χ0n) is 20.4. The number of halogens is 2. The zero-order valence-corrected chi connectivity index (χ0v) is 20.4. The van der Waals surface area contributed by atoms with Gasteiger partial charge in [0.1, 0.15) is 17.9 Å². The van der Waals surface area contributed by atoms with Crippen molar-refractivity contribution in [3.8, 4) is 5.75 Å². The van der Waals surface area contributed by atoms with Crippen LogP contribution in [-0.2, 0) is 22.7 Å². The Morgan fingerprint density at radius 3 is 2.65 bits per heavy atom. The molecule has 3 aliphatic heterocycles. The van der Waals surface area contributed by atoms with Crippen LogP contribution in [0.25, 0.3) is 0 Å². The molecule has 3 atom stereocenters. The van der Waals surface area contributed by atoms with E-state index in [1.54, 1.807) is 23.1 Å². The van der Waals surface area contributed by atoms with Crippen molar-refractivity contribution in [2.75, 3.05) is 19.6 Å². The van der Waals surface area contributed by atoms with Crippen LogP contribution in [0, 0.1) is 0 Å². The van der Waals surface area contributed by atoms with Gasteiger partial charge in [0.25, 0.3) is 12.3 Å². The molecule has 0 saturated carbocycles.